The fourth-order valence-corrected chi connectivity index (χ4v) is 4.42. The van der Waals surface area contributed by atoms with Gasteiger partial charge in [0.1, 0.15) is 5.75 Å². The van der Waals surface area contributed by atoms with Crippen molar-refractivity contribution in [3.05, 3.63) is 65.0 Å². The van der Waals surface area contributed by atoms with Crippen LogP contribution in [-0.2, 0) is 16.8 Å². The van der Waals surface area contributed by atoms with Crippen LogP contribution in [-0.4, -0.2) is 26.4 Å². The van der Waals surface area contributed by atoms with E-state index in [9.17, 15) is 4.79 Å². The Bertz CT molecular complexity index is 1080. The van der Waals surface area contributed by atoms with Crippen molar-refractivity contribution in [2.24, 2.45) is 0 Å². The predicted octanol–water partition coefficient (Wildman–Crippen LogP) is 6.08. The summed E-state index contributed by atoms with van der Waals surface area (Å²) in [7, 11) is 0. The Hall–Kier alpha value is -2.80. The lowest BCUT2D eigenvalue weighted by molar-refractivity contribution is -0.113. The van der Waals surface area contributed by atoms with Crippen LogP contribution in [0.3, 0.4) is 0 Å². The molecule has 0 saturated carbocycles. The lowest BCUT2D eigenvalue weighted by atomic mass is 9.87. The summed E-state index contributed by atoms with van der Waals surface area (Å²) >= 11 is 1.38. The topological polar surface area (TPSA) is 69.0 Å². The van der Waals surface area contributed by atoms with Crippen LogP contribution in [0.5, 0.6) is 5.75 Å². The molecular weight excluding hydrogens is 432 g/mol. The molecule has 176 valence electrons. The van der Waals surface area contributed by atoms with E-state index in [1.165, 1.54) is 17.3 Å². The zero-order chi connectivity index (χ0) is 24.2. The predicted molar refractivity (Wildman–Crippen MR) is 135 cm³/mol. The first kappa shape index (κ1) is 24.8. The number of amides is 1. The SMILES string of the molecule is CCn1c(SCC(=O)Nc2c(C)cccc2C)nnc1C(C)Oc1ccc(C(C)(C)C)cc1. The molecule has 0 bridgehead atoms. The molecule has 0 aliphatic heterocycles. The number of benzene rings is 2. The van der Waals surface area contributed by atoms with Crippen LogP contribution in [0.4, 0.5) is 5.69 Å². The van der Waals surface area contributed by atoms with E-state index in [0.717, 1.165) is 28.4 Å². The number of aromatic nitrogens is 3. The van der Waals surface area contributed by atoms with Crippen molar-refractivity contribution in [2.75, 3.05) is 11.1 Å². The van der Waals surface area contributed by atoms with Gasteiger partial charge in [-0.25, -0.2) is 0 Å². The summed E-state index contributed by atoms with van der Waals surface area (Å²) in [5.41, 5.74) is 4.34. The third kappa shape index (κ3) is 6.16. The second-order valence-corrected chi connectivity index (χ2v) is 10.2. The van der Waals surface area contributed by atoms with Gasteiger partial charge in [-0.1, -0.05) is 62.9 Å². The average molecular weight is 467 g/mol. The molecule has 0 saturated heterocycles. The molecule has 1 N–H and O–H groups in total. The number of ether oxygens (including phenoxy) is 1. The Morgan fingerprint density at radius 3 is 2.30 bits per heavy atom. The van der Waals surface area contributed by atoms with Gasteiger partial charge in [-0.3, -0.25) is 4.79 Å². The monoisotopic (exact) mass is 466 g/mol. The molecule has 3 aromatic rings. The number of nitrogens with one attached hydrogen (secondary N) is 1. The standard InChI is InChI=1S/C26H34N4O2S/c1-8-30-24(19(4)32-21-14-12-20(13-15-21)26(5,6)7)28-29-25(30)33-16-22(31)27-23-17(2)10-9-11-18(23)3/h9-15,19H,8,16H2,1-7H3,(H,27,31). The van der Waals surface area contributed by atoms with E-state index in [1.807, 2.05) is 62.6 Å². The lowest BCUT2D eigenvalue weighted by Crippen LogP contribution is -2.16. The summed E-state index contributed by atoms with van der Waals surface area (Å²) in [4.78, 5) is 12.6. The molecule has 0 aliphatic carbocycles. The van der Waals surface area contributed by atoms with Crippen LogP contribution in [0.25, 0.3) is 0 Å². The molecule has 1 unspecified atom stereocenters. The molecule has 6 nitrogen and oxygen atoms in total. The van der Waals surface area contributed by atoms with Crippen LogP contribution in [0.15, 0.2) is 47.6 Å². The number of hydrogen-bond donors (Lipinski definition) is 1. The molecular formula is C26H34N4O2S. The fourth-order valence-electron chi connectivity index (χ4n) is 3.61. The van der Waals surface area contributed by atoms with E-state index in [4.69, 9.17) is 4.74 Å². The highest BCUT2D eigenvalue weighted by atomic mass is 32.2. The maximum absolute atomic E-state index is 12.6. The Balaban J connectivity index is 1.65. The van der Waals surface area contributed by atoms with E-state index in [0.29, 0.717) is 11.7 Å². The lowest BCUT2D eigenvalue weighted by Gasteiger charge is -2.20. The number of thioether (sulfide) groups is 1. The summed E-state index contributed by atoms with van der Waals surface area (Å²) in [6.07, 6.45) is -0.268. The summed E-state index contributed by atoms with van der Waals surface area (Å²) in [5.74, 6) is 1.74. The molecule has 0 aliphatic rings. The molecule has 33 heavy (non-hydrogen) atoms. The van der Waals surface area contributed by atoms with Gasteiger partial charge in [-0.2, -0.15) is 0 Å². The minimum Gasteiger partial charge on any atom is -0.483 e. The van der Waals surface area contributed by atoms with Crippen molar-refractivity contribution in [2.45, 2.75) is 71.7 Å². The smallest absolute Gasteiger partial charge is 0.234 e. The number of carbonyl (C=O) groups excluding carboxylic acids is 1. The second-order valence-electron chi connectivity index (χ2n) is 9.22. The average Bonchev–Trinajstić information content (AvgIpc) is 3.18. The van der Waals surface area contributed by atoms with Gasteiger partial charge in [-0.05, 0) is 61.9 Å². The number of rotatable bonds is 8. The molecule has 2 aromatic carbocycles. The maximum atomic E-state index is 12.6. The van der Waals surface area contributed by atoms with Gasteiger partial charge in [0.25, 0.3) is 0 Å². The molecule has 3 rings (SSSR count). The normalized spacial score (nSPS) is 12.5. The van der Waals surface area contributed by atoms with Gasteiger partial charge in [0.15, 0.2) is 17.1 Å². The van der Waals surface area contributed by atoms with Gasteiger partial charge in [-0.15, -0.1) is 10.2 Å². The molecule has 1 amide bonds. The van der Waals surface area contributed by atoms with E-state index in [-0.39, 0.29) is 23.2 Å². The highest BCUT2D eigenvalue weighted by Gasteiger charge is 2.20. The van der Waals surface area contributed by atoms with Crippen molar-refractivity contribution < 1.29 is 9.53 Å². The van der Waals surface area contributed by atoms with E-state index in [1.54, 1.807) is 0 Å². The fraction of sp³-hybridized carbons (Fsp3) is 0.423. The van der Waals surface area contributed by atoms with E-state index in [2.05, 4.69) is 48.4 Å². The van der Waals surface area contributed by atoms with Crippen LogP contribution in [0.2, 0.25) is 0 Å². The highest BCUT2D eigenvalue weighted by molar-refractivity contribution is 7.99. The summed E-state index contributed by atoms with van der Waals surface area (Å²) in [6.45, 7) is 15.3. The molecule has 0 fully saturated rings. The van der Waals surface area contributed by atoms with Gasteiger partial charge in [0, 0.05) is 12.2 Å². The first-order chi connectivity index (χ1) is 15.6. The zero-order valence-corrected chi connectivity index (χ0v) is 21.4. The summed E-state index contributed by atoms with van der Waals surface area (Å²) < 4.78 is 8.15. The van der Waals surface area contributed by atoms with Gasteiger partial charge in [0.05, 0.1) is 5.75 Å². The molecule has 7 heteroatoms. The molecule has 1 atom stereocenters. The summed E-state index contributed by atoms with van der Waals surface area (Å²) in [5, 5.41) is 12.4. The van der Waals surface area contributed by atoms with Gasteiger partial charge in [0.2, 0.25) is 5.91 Å². The van der Waals surface area contributed by atoms with Crippen molar-refractivity contribution in [3.8, 4) is 5.75 Å². The third-order valence-electron chi connectivity index (χ3n) is 5.54. The molecule has 1 heterocycles. The highest BCUT2D eigenvalue weighted by Crippen LogP contribution is 2.28. The number of carbonyl (C=O) groups is 1. The van der Waals surface area contributed by atoms with Crippen molar-refractivity contribution in [1.82, 2.24) is 14.8 Å². The Morgan fingerprint density at radius 1 is 1.09 bits per heavy atom. The number of nitrogens with zero attached hydrogens (tertiary/aromatic N) is 3. The van der Waals surface area contributed by atoms with Crippen LogP contribution in [0, 0.1) is 13.8 Å². The van der Waals surface area contributed by atoms with Gasteiger partial charge >= 0.3 is 0 Å². The number of anilines is 1. The van der Waals surface area contributed by atoms with Crippen molar-refractivity contribution in [1.29, 1.82) is 0 Å². The first-order valence-corrected chi connectivity index (χ1v) is 12.3. The Morgan fingerprint density at radius 2 is 1.73 bits per heavy atom. The Kier molecular flexibility index (Phi) is 7.84. The Labute approximate surface area is 201 Å². The van der Waals surface area contributed by atoms with Crippen molar-refractivity contribution >= 4 is 23.4 Å². The van der Waals surface area contributed by atoms with Crippen LogP contribution in [0.1, 0.15) is 63.2 Å². The summed E-state index contributed by atoms with van der Waals surface area (Å²) in [6, 6.07) is 14.2. The van der Waals surface area contributed by atoms with Crippen LogP contribution >= 0.6 is 11.8 Å². The first-order valence-electron chi connectivity index (χ1n) is 11.3. The van der Waals surface area contributed by atoms with Gasteiger partial charge < -0.3 is 14.6 Å². The number of hydrogen-bond acceptors (Lipinski definition) is 5. The van der Waals surface area contributed by atoms with Crippen LogP contribution < -0.4 is 10.1 Å². The number of para-hydroxylation sites is 1. The van der Waals surface area contributed by atoms with Crippen molar-refractivity contribution in [3.63, 3.8) is 0 Å². The minimum atomic E-state index is -0.268. The molecule has 0 radical (unpaired) electrons. The van der Waals surface area contributed by atoms with E-state index < -0.39 is 0 Å². The maximum Gasteiger partial charge on any atom is 0.234 e. The zero-order valence-electron chi connectivity index (χ0n) is 20.6. The minimum absolute atomic E-state index is 0.0622. The molecule has 0 spiro atoms. The quantitative estimate of drug-likeness (QED) is 0.407. The van der Waals surface area contributed by atoms with E-state index >= 15 is 0 Å². The number of aryl methyl sites for hydroxylation is 2. The third-order valence-corrected chi connectivity index (χ3v) is 6.50. The molecule has 1 aromatic heterocycles. The second kappa shape index (κ2) is 10.4. The largest absolute Gasteiger partial charge is 0.483 e.